The van der Waals surface area contributed by atoms with E-state index in [2.05, 4.69) is 10.3 Å². The molecule has 0 radical (unpaired) electrons. The van der Waals surface area contributed by atoms with Crippen molar-refractivity contribution in [2.45, 2.75) is 13.0 Å². The van der Waals surface area contributed by atoms with Crippen LogP contribution >= 0.6 is 11.3 Å². The van der Waals surface area contributed by atoms with E-state index < -0.39 is 5.91 Å². The van der Waals surface area contributed by atoms with Crippen LogP contribution in [0.5, 0.6) is 0 Å². The van der Waals surface area contributed by atoms with Crippen LogP contribution in [0.3, 0.4) is 0 Å². The molecular formula is C13H13N3O3S. The maximum Gasteiger partial charge on any atom is 0.284 e. The Balaban J connectivity index is 2.05. The number of carbonyl (C=O) groups is 2. The van der Waals surface area contributed by atoms with Crippen molar-refractivity contribution in [3.05, 3.63) is 52.0 Å². The third kappa shape index (κ3) is 3.19. The molecule has 0 aromatic carbocycles. The highest BCUT2D eigenvalue weighted by atomic mass is 32.1. The SMILES string of the molecule is C[C@@H](NC(=O)c1ccc(C(=O)NO)s1)c1cccnc1. The van der Waals surface area contributed by atoms with Gasteiger partial charge in [0.05, 0.1) is 15.8 Å². The maximum absolute atomic E-state index is 12.0. The fourth-order valence-electron chi connectivity index (χ4n) is 1.62. The van der Waals surface area contributed by atoms with Crippen molar-refractivity contribution < 1.29 is 14.8 Å². The van der Waals surface area contributed by atoms with Gasteiger partial charge >= 0.3 is 0 Å². The van der Waals surface area contributed by atoms with E-state index in [1.54, 1.807) is 24.5 Å². The summed E-state index contributed by atoms with van der Waals surface area (Å²) in [5.74, 6) is -0.905. The Bertz CT molecular complexity index is 612. The maximum atomic E-state index is 12.0. The molecule has 2 rings (SSSR count). The summed E-state index contributed by atoms with van der Waals surface area (Å²) in [5.41, 5.74) is 2.43. The number of nitrogens with one attached hydrogen (secondary N) is 2. The summed E-state index contributed by atoms with van der Waals surface area (Å²) in [6.45, 7) is 1.85. The first-order chi connectivity index (χ1) is 9.61. The van der Waals surface area contributed by atoms with Gasteiger partial charge in [-0.15, -0.1) is 11.3 Å². The van der Waals surface area contributed by atoms with E-state index in [4.69, 9.17) is 5.21 Å². The van der Waals surface area contributed by atoms with Gasteiger partial charge in [-0.25, -0.2) is 5.48 Å². The van der Waals surface area contributed by atoms with E-state index in [9.17, 15) is 9.59 Å². The van der Waals surface area contributed by atoms with E-state index in [0.29, 0.717) is 4.88 Å². The number of aromatic nitrogens is 1. The molecule has 6 nitrogen and oxygen atoms in total. The summed E-state index contributed by atoms with van der Waals surface area (Å²) in [5, 5.41) is 11.3. The largest absolute Gasteiger partial charge is 0.345 e. The number of thiophene rings is 1. The Hall–Kier alpha value is -2.25. The first-order valence-corrected chi connectivity index (χ1v) is 6.68. The van der Waals surface area contributed by atoms with Crippen LogP contribution < -0.4 is 10.8 Å². The van der Waals surface area contributed by atoms with Gasteiger partial charge in [-0.05, 0) is 30.7 Å². The molecule has 2 aromatic rings. The van der Waals surface area contributed by atoms with E-state index >= 15 is 0 Å². The van der Waals surface area contributed by atoms with Gasteiger partial charge in [0, 0.05) is 12.4 Å². The molecule has 0 saturated carbocycles. The van der Waals surface area contributed by atoms with Crippen LogP contribution in [0, 0.1) is 0 Å². The molecule has 0 aliphatic rings. The Labute approximate surface area is 119 Å². The summed E-state index contributed by atoms with van der Waals surface area (Å²) in [7, 11) is 0. The number of carbonyl (C=O) groups excluding carboxylic acids is 2. The average Bonchev–Trinajstić information content (AvgIpc) is 2.97. The molecule has 0 unspecified atom stereocenters. The molecular weight excluding hydrogens is 278 g/mol. The topological polar surface area (TPSA) is 91.3 Å². The van der Waals surface area contributed by atoms with Crippen LogP contribution in [-0.2, 0) is 0 Å². The quantitative estimate of drug-likeness (QED) is 0.591. The zero-order chi connectivity index (χ0) is 14.5. The zero-order valence-electron chi connectivity index (χ0n) is 10.7. The van der Waals surface area contributed by atoms with E-state index in [-0.39, 0.29) is 16.8 Å². The Morgan fingerprint density at radius 3 is 2.55 bits per heavy atom. The summed E-state index contributed by atoms with van der Waals surface area (Å²) in [4.78, 5) is 27.9. The number of nitrogens with zero attached hydrogens (tertiary/aromatic N) is 1. The molecule has 0 bridgehead atoms. The van der Waals surface area contributed by atoms with Crippen LogP contribution in [0.2, 0.25) is 0 Å². The van der Waals surface area contributed by atoms with Crippen molar-refractivity contribution in [3.63, 3.8) is 0 Å². The predicted octanol–water partition coefficient (Wildman–Crippen LogP) is 1.75. The molecule has 104 valence electrons. The summed E-state index contributed by atoms with van der Waals surface area (Å²) < 4.78 is 0. The van der Waals surface area contributed by atoms with Gasteiger partial charge in [-0.3, -0.25) is 19.8 Å². The molecule has 20 heavy (non-hydrogen) atoms. The fourth-order valence-corrected chi connectivity index (χ4v) is 2.42. The van der Waals surface area contributed by atoms with Gasteiger partial charge in [0.15, 0.2) is 0 Å². The van der Waals surface area contributed by atoms with Gasteiger partial charge < -0.3 is 5.32 Å². The second kappa shape index (κ2) is 6.27. The predicted molar refractivity (Wildman–Crippen MR) is 73.7 cm³/mol. The Morgan fingerprint density at radius 1 is 1.25 bits per heavy atom. The fraction of sp³-hybridized carbons (Fsp3) is 0.154. The molecule has 2 aromatic heterocycles. The third-order valence-electron chi connectivity index (χ3n) is 2.69. The summed E-state index contributed by atoms with van der Waals surface area (Å²) in [6.07, 6.45) is 3.35. The minimum Gasteiger partial charge on any atom is -0.345 e. The van der Waals surface area contributed by atoms with Crippen LogP contribution in [-0.4, -0.2) is 22.0 Å². The highest BCUT2D eigenvalue weighted by molar-refractivity contribution is 7.15. The van der Waals surface area contributed by atoms with Crippen molar-refractivity contribution in [2.75, 3.05) is 0 Å². The average molecular weight is 291 g/mol. The van der Waals surface area contributed by atoms with Gasteiger partial charge in [0.2, 0.25) is 0 Å². The third-order valence-corrected chi connectivity index (χ3v) is 3.77. The van der Waals surface area contributed by atoms with Gasteiger partial charge in [-0.1, -0.05) is 6.07 Å². The lowest BCUT2D eigenvalue weighted by atomic mass is 10.1. The number of hydroxylamine groups is 1. The number of rotatable bonds is 4. The van der Waals surface area contributed by atoms with Crippen molar-refractivity contribution in [1.82, 2.24) is 15.8 Å². The van der Waals surface area contributed by atoms with Crippen LogP contribution in [0.1, 0.15) is 37.9 Å². The lowest BCUT2D eigenvalue weighted by molar-refractivity contribution is 0.0711. The Kier molecular flexibility index (Phi) is 4.44. The second-order valence-corrected chi connectivity index (χ2v) is 5.17. The number of amides is 2. The lowest BCUT2D eigenvalue weighted by Gasteiger charge is -2.12. The molecule has 3 N–H and O–H groups in total. The number of hydrogen-bond acceptors (Lipinski definition) is 5. The molecule has 0 fully saturated rings. The van der Waals surface area contributed by atoms with E-state index in [1.807, 2.05) is 13.0 Å². The molecule has 0 aliphatic heterocycles. The van der Waals surface area contributed by atoms with Crippen molar-refractivity contribution in [1.29, 1.82) is 0 Å². The number of pyridine rings is 1. The standard InChI is InChI=1S/C13H13N3O3S/c1-8(9-3-2-6-14-7-9)15-12(17)10-4-5-11(20-10)13(18)16-19/h2-8,19H,1H3,(H,15,17)(H,16,18)/t8-/m1/s1. The van der Waals surface area contributed by atoms with Gasteiger partial charge in [0.1, 0.15) is 0 Å². The lowest BCUT2D eigenvalue weighted by Crippen LogP contribution is -2.25. The molecule has 2 amide bonds. The number of hydrogen-bond donors (Lipinski definition) is 3. The van der Waals surface area contributed by atoms with E-state index in [0.717, 1.165) is 16.9 Å². The van der Waals surface area contributed by atoms with Crippen LogP contribution in [0.15, 0.2) is 36.7 Å². The first-order valence-electron chi connectivity index (χ1n) is 5.87. The zero-order valence-corrected chi connectivity index (χ0v) is 11.5. The normalized spacial score (nSPS) is 11.7. The minimum absolute atomic E-state index is 0.187. The highest BCUT2D eigenvalue weighted by Crippen LogP contribution is 2.18. The Morgan fingerprint density at radius 2 is 1.95 bits per heavy atom. The summed E-state index contributed by atoms with van der Waals surface area (Å²) >= 11 is 1.01. The molecule has 0 spiro atoms. The van der Waals surface area contributed by atoms with Crippen molar-refractivity contribution in [3.8, 4) is 0 Å². The monoisotopic (exact) mass is 291 g/mol. The van der Waals surface area contributed by atoms with Gasteiger partial charge in [0.25, 0.3) is 11.8 Å². The van der Waals surface area contributed by atoms with Crippen LogP contribution in [0.25, 0.3) is 0 Å². The summed E-state index contributed by atoms with van der Waals surface area (Å²) in [6, 6.07) is 6.51. The second-order valence-electron chi connectivity index (χ2n) is 4.09. The first kappa shape index (κ1) is 14.2. The minimum atomic E-state index is -0.630. The molecule has 2 heterocycles. The van der Waals surface area contributed by atoms with Crippen molar-refractivity contribution >= 4 is 23.2 Å². The molecule has 7 heteroatoms. The molecule has 0 aliphatic carbocycles. The van der Waals surface area contributed by atoms with Gasteiger partial charge in [-0.2, -0.15) is 0 Å². The highest BCUT2D eigenvalue weighted by Gasteiger charge is 2.15. The smallest absolute Gasteiger partial charge is 0.284 e. The van der Waals surface area contributed by atoms with E-state index in [1.165, 1.54) is 11.5 Å². The van der Waals surface area contributed by atoms with Crippen LogP contribution in [0.4, 0.5) is 0 Å². The molecule has 1 atom stereocenters. The van der Waals surface area contributed by atoms with Crippen molar-refractivity contribution in [2.24, 2.45) is 0 Å². The molecule has 0 saturated heterocycles.